The van der Waals surface area contributed by atoms with Crippen molar-refractivity contribution in [2.45, 2.75) is 19.3 Å². The predicted octanol–water partition coefficient (Wildman–Crippen LogP) is 3.12. The zero-order chi connectivity index (χ0) is 12.3. The highest BCUT2D eigenvalue weighted by Gasteiger charge is 2.21. The van der Waals surface area contributed by atoms with Crippen LogP contribution in [0.5, 0.6) is 0 Å². The Morgan fingerprint density at radius 2 is 2.18 bits per heavy atom. The first-order valence-corrected chi connectivity index (χ1v) is 6.46. The average Bonchev–Trinajstić information content (AvgIpc) is 2.82. The van der Waals surface area contributed by atoms with E-state index in [0.717, 1.165) is 12.2 Å². The number of aromatic nitrogens is 1. The van der Waals surface area contributed by atoms with Crippen LogP contribution < -0.4 is 11.1 Å². The molecule has 3 N–H and O–H groups in total. The van der Waals surface area contributed by atoms with E-state index in [1.165, 1.54) is 4.88 Å². The smallest absolute Gasteiger partial charge is 0.146 e. The minimum atomic E-state index is 0.0937. The summed E-state index contributed by atoms with van der Waals surface area (Å²) in [5.41, 5.74) is 6.79. The highest BCUT2D eigenvalue weighted by molar-refractivity contribution is 7.10. The minimum Gasteiger partial charge on any atom is -0.382 e. The van der Waals surface area contributed by atoms with Gasteiger partial charge in [-0.15, -0.1) is 11.3 Å². The fourth-order valence-corrected chi connectivity index (χ4v) is 2.49. The first kappa shape index (κ1) is 11.9. The van der Waals surface area contributed by atoms with Crippen LogP contribution in [0.15, 0.2) is 35.8 Å². The molecule has 0 aliphatic heterocycles. The van der Waals surface area contributed by atoms with Crippen molar-refractivity contribution >= 4 is 22.8 Å². The predicted molar refractivity (Wildman–Crippen MR) is 74.5 cm³/mol. The van der Waals surface area contributed by atoms with Crippen molar-refractivity contribution in [3.05, 3.63) is 40.7 Å². The van der Waals surface area contributed by atoms with Gasteiger partial charge in [-0.3, -0.25) is 0 Å². The Morgan fingerprint density at radius 3 is 2.82 bits per heavy atom. The third-order valence-corrected chi connectivity index (χ3v) is 3.98. The summed E-state index contributed by atoms with van der Waals surface area (Å²) < 4.78 is 0. The van der Waals surface area contributed by atoms with Gasteiger partial charge in [-0.1, -0.05) is 19.9 Å². The summed E-state index contributed by atoms with van der Waals surface area (Å²) in [7, 11) is 0. The fourth-order valence-electron chi connectivity index (χ4n) is 1.63. The summed E-state index contributed by atoms with van der Waals surface area (Å²) in [6.07, 6.45) is 1.70. The highest BCUT2D eigenvalue weighted by Crippen LogP contribution is 2.28. The van der Waals surface area contributed by atoms with Gasteiger partial charge in [0, 0.05) is 23.0 Å². The zero-order valence-electron chi connectivity index (χ0n) is 10.1. The van der Waals surface area contributed by atoms with E-state index in [-0.39, 0.29) is 5.41 Å². The molecule has 0 aliphatic rings. The summed E-state index contributed by atoms with van der Waals surface area (Å²) in [6, 6.07) is 8.09. The number of hydrogen-bond acceptors (Lipinski definition) is 4. The van der Waals surface area contributed by atoms with Gasteiger partial charge in [0.15, 0.2) is 0 Å². The summed E-state index contributed by atoms with van der Waals surface area (Å²) >= 11 is 1.78. The molecule has 90 valence electrons. The summed E-state index contributed by atoms with van der Waals surface area (Å²) in [4.78, 5) is 5.43. The maximum atomic E-state index is 5.80. The second kappa shape index (κ2) is 4.75. The second-order valence-corrected chi connectivity index (χ2v) is 5.60. The number of nitrogens with one attached hydrogen (secondary N) is 1. The van der Waals surface area contributed by atoms with E-state index in [2.05, 4.69) is 41.7 Å². The molecule has 0 saturated carbocycles. The van der Waals surface area contributed by atoms with Gasteiger partial charge in [0.2, 0.25) is 0 Å². The molecular weight excluding hydrogens is 230 g/mol. The number of nitrogens with two attached hydrogens (primary N) is 1. The van der Waals surface area contributed by atoms with Crippen molar-refractivity contribution in [2.24, 2.45) is 0 Å². The van der Waals surface area contributed by atoms with Gasteiger partial charge in [-0.25, -0.2) is 4.98 Å². The Morgan fingerprint density at radius 1 is 1.35 bits per heavy atom. The van der Waals surface area contributed by atoms with Crippen LogP contribution in [0.25, 0.3) is 0 Å². The van der Waals surface area contributed by atoms with Crippen LogP contribution in [0.2, 0.25) is 0 Å². The lowest BCUT2D eigenvalue weighted by Crippen LogP contribution is -2.26. The molecule has 2 aromatic rings. The van der Waals surface area contributed by atoms with Crippen molar-refractivity contribution in [1.29, 1.82) is 0 Å². The molecule has 0 saturated heterocycles. The number of nitrogens with zero attached hydrogens (tertiary/aromatic N) is 1. The standard InChI is InChI=1S/C13H17N3S/c1-13(2,11-6-4-8-17-11)9-16-10-5-3-7-15-12(10)14/h3-8,16H,9H2,1-2H3,(H2,14,15). The molecule has 2 rings (SSSR count). The summed E-state index contributed by atoms with van der Waals surface area (Å²) in [5, 5.41) is 5.47. The molecular formula is C13H17N3S. The number of pyridine rings is 1. The Hall–Kier alpha value is -1.55. The third kappa shape index (κ3) is 2.77. The molecule has 0 spiro atoms. The molecule has 2 aromatic heterocycles. The molecule has 0 fully saturated rings. The molecule has 17 heavy (non-hydrogen) atoms. The SMILES string of the molecule is CC(C)(CNc1cccnc1N)c1cccs1. The van der Waals surface area contributed by atoms with Crippen molar-refractivity contribution < 1.29 is 0 Å². The van der Waals surface area contributed by atoms with Crippen LogP contribution in [-0.2, 0) is 5.41 Å². The van der Waals surface area contributed by atoms with Crippen molar-refractivity contribution in [2.75, 3.05) is 17.6 Å². The molecule has 0 amide bonds. The van der Waals surface area contributed by atoms with Gasteiger partial charge in [0.25, 0.3) is 0 Å². The lowest BCUT2D eigenvalue weighted by Gasteiger charge is -2.24. The van der Waals surface area contributed by atoms with Gasteiger partial charge < -0.3 is 11.1 Å². The van der Waals surface area contributed by atoms with Gasteiger partial charge in [-0.2, -0.15) is 0 Å². The molecule has 4 heteroatoms. The molecule has 0 aliphatic carbocycles. The number of thiophene rings is 1. The van der Waals surface area contributed by atoms with E-state index >= 15 is 0 Å². The second-order valence-electron chi connectivity index (χ2n) is 4.65. The lowest BCUT2D eigenvalue weighted by molar-refractivity contribution is 0.569. The Bertz CT molecular complexity index is 477. The first-order chi connectivity index (χ1) is 8.09. The average molecular weight is 247 g/mol. The van der Waals surface area contributed by atoms with Crippen LogP contribution in [0.4, 0.5) is 11.5 Å². The van der Waals surface area contributed by atoms with E-state index in [9.17, 15) is 0 Å². The molecule has 3 nitrogen and oxygen atoms in total. The number of anilines is 2. The van der Waals surface area contributed by atoms with E-state index < -0.39 is 0 Å². The van der Waals surface area contributed by atoms with Crippen molar-refractivity contribution in [3.8, 4) is 0 Å². The topological polar surface area (TPSA) is 50.9 Å². The first-order valence-electron chi connectivity index (χ1n) is 5.58. The quantitative estimate of drug-likeness (QED) is 0.872. The zero-order valence-corrected chi connectivity index (χ0v) is 10.9. The third-order valence-electron chi connectivity index (χ3n) is 2.75. The largest absolute Gasteiger partial charge is 0.382 e. The van der Waals surface area contributed by atoms with Gasteiger partial charge in [0.1, 0.15) is 5.82 Å². The fraction of sp³-hybridized carbons (Fsp3) is 0.308. The minimum absolute atomic E-state index is 0.0937. The number of rotatable bonds is 4. The number of nitrogen functional groups attached to an aromatic ring is 1. The van der Waals surface area contributed by atoms with Crippen molar-refractivity contribution in [3.63, 3.8) is 0 Å². The van der Waals surface area contributed by atoms with Gasteiger partial charge in [0.05, 0.1) is 5.69 Å². The summed E-state index contributed by atoms with van der Waals surface area (Å²) in [6.45, 7) is 5.28. The molecule has 0 unspecified atom stereocenters. The van der Waals surface area contributed by atoms with Crippen LogP contribution in [0, 0.1) is 0 Å². The van der Waals surface area contributed by atoms with Crippen LogP contribution in [-0.4, -0.2) is 11.5 Å². The van der Waals surface area contributed by atoms with Gasteiger partial charge in [-0.05, 0) is 23.6 Å². The maximum absolute atomic E-state index is 5.80. The summed E-state index contributed by atoms with van der Waals surface area (Å²) in [5.74, 6) is 0.550. The van der Waals surface area contributed by atoms with Crippen molar-refractivity contribution in [1.82, 2.24) is 4.98 Å². The molecule has 0 radical (unpaired) electrons. The van der Waals surface area contributed by atoms with Gasteiger partial charge >= 0.3 is 0 Å². The maximum Gasteiger partial charge on any atom is 0.146 e. The molecule has 0 atom stereocenters. The molecule has 0 bridgehead atoms. The molecule has 2 heterocycles. The van der Waals surface area contributed by atoms with Crippen LogP contribution >= 0.6 is 11.3 Å². The Balaban J connectivity index is 2.06. The van der Waals surface area contributed by atoms with Crippen LogP contribution in [0.3, 0.4) is 0 Å². The Kier molecular flexibility index (Phi) is 3.33. The monoisotopic (exact) mass is 247 g/mol. The number of hydrogen-bond donors (Lipinski definition) is 2. The Labute approximate surface area is 106 Å². The van der Waals surface area contributed by atoms with Crippen LogP contribution in [0.1, 0.15) is 18.7 Å². The van der Waals surface area contributed by atoms with E-state index in [4.69, 9.17) is 5.73 Å². The normalized spacial score (nSPS) is 11.4. The van der Waals surface area contributed by atoms with E-state index in [1.807, 2.05) is 12.1 Å². The highest BCUT2D eigenvalue weighted by atomic mass is 32.1. The van der Waals surface area contributed by atoms with E-state index in [0.29, 0.717) is 5.82 Å². The molecule has 0 aromatic carbocycles. The van der Waals surface area contributed by atoms with E-state index in [1.54, 1.807) is 17.5 Å². The lowest BCUT2D eigenvalue weighted by atomic mass is 9.91.